The van der Waals surface area contributed by atoms with Crippen LogP contribution in [-0.4, -0.2) is 16.2 Å². The number of hydrogen-bond acceptors (Lipinski definition) is 2. The molecule has 0 aliphatic carbocycles. The molecule has 0 radical (unpaired) electrons. The summed E-state index contributed by atoms with van der Waals surface area (Å²) < 4.78 is 0. The van der Waals surface area contributed by atoms with Gasteiger partial charge in [0, 0.05) is 17.0 Å². The van der Waals surface area contributed by atoms with E-state index in [-0.39, 0.29) is 12.2 Å². The maximum absolute atomic E-state index is 10.3. The minimum absolute atomic E-state index is 0.0405. The first-order valence-corrected chi connectivity index (χ1v) is 4.58. The van der Waals surface area contributed by atoms with Gasteiger partial charge in [0.2, 0.25) is 0 Å². The van der Waals surface area contributed by atoms with Crippen LogP contribution in [0.2, 0.25) is 5.02 Å². The molecule has 0 saturated carbocycles. The van der Waals surface area contributed by atoms with E-state index in [4.69, 9.17) is 16.7 Å². The van der Waals surface area contributed by atoms with Crippen LogP contribution in [0.3, 0.4) is 0 Å². The molecule has 3 nitrogen and oxygen atoms in total. The SMILES string of the molecule is Cc1c(O)cc(CCC(=O)O)cc1Cl. The number of aryl methyl sites for hydroxylation is 1. The van der Waals surface area contributed by atoms with E-state index in [1.54, 1.807) is 19.1 Å². The summed E-state index contributed by atoms with van der Waals surface area (Å²) >= 11 is 5.83. The zero-order valence-electron chi connectivity index (χ0n) is 7.75. The summed E-state index contributed by atoms with van der Waals surface area (Å²) in [5, 5.41) is 18.4. The molecule has 0 spiro atoms. The normalized spacial score (nSPS) is 10.1. The Hall–Kier alpha value is -1.22. The van der Waals surface area contributed by atoms with Gasteiger partial charge in [-0.05, 0) is 31.0 Å². The Morgan fingerprint density at radius 1 is 1.50 bits per heavy atom. The van der Waals surface area contributed by atoms with Gasteiger partial charge in [-0.25, -0.2) is 0 Å². The number of aliphatic carboxylic acids is 1. The molecule has 0 aliphatic heterocycles. The van der Waals surface area contributed by atoms with Crippen molar-refractivity contribution in [2.45, 2.75) is 19.8 Å². The van der Waals surface area contributed by atoms with Crippen molar-refractivity contribution < 1.29 is 15.0 Å². The van der Waals surface area contributed by atoms with Crippen molar-refractivity contribution in [3.05, 3.63) is 28.3 Å². The molecule has 14 heavy (non-hydrogen) atoms. The number of benzene rings is 1. The second-order valence-electron chi connectivity index (χ2n) is 3.12. The summed E-state index contributed by atoms with van der Waals surface area (Å²) in [6.07, 6.45) is 0.418. The van der Waals surface area contributed by atoms with Gasteiger partial charge in [-0.1, -0.05) is 11.6 Å². The van der Waals surface area contributed by atoms with Gasteiger partial charge in [0.15, 0.2) is 0 Å². The Balaban J connectivity index is 2.84. The van der Waals surface area contributed by atoms with Gasteiger partial charge in [0.05, 0.1) is 0 Å². The molecule has 0 heterocycles. The highest BCUT2D eigenvalue weighted by molar-refractivity contribution is 6.31. The van der Waals surface area contributed by atoms with Crippen LogP contribution < -0.4 is 0 Å². The molecule has 1 aromatic rings. The predicted octanol–water partition coefficient (Wildman–Crippen LogP) is 2.37. The number of carboxylic acids is 1. The Bertz CT molecular complexity index is 337. The zero-order chi connectivity index (χ0) is 10.7. The van der Waals surface area contributed by atoms with E-state index in [1.165, 1.54) is 0 Å². The fourth-order valence-electron chi connectivity index (χ4n) is 1.11. The van der Waals surface area contributed by atoms with Gasteiger partial charge in [0.1, 0.15) is 5.75 Å². The van der Waals surface area contributed by atoms with Crippen molar-refractivity contribution in [3.8, 4) is 5.75 Å². The van der Waals surface area contributed by atoms with Gasteiger partial charge in [-0.3, -0.25) is 4.79 Å². The van der Waals surface area contributed by atoms with Gasteiger partial charge in [-0.15, -0.1) is 0 Å². The molecule has 0 aliphatic rings. The largest absolute Gasteiger partial charge is 0.508 e. The average Bonchev–Trinajstić information content (AvgIpc) is 2.10. The maximum atomic E-state index is 10.3. The average molecular weight is 215 g/mol. The molecule has 2 N–H and O–H groups in total. The number of carbonyl (C=O) groups is 1. The molecule has 0 atom stereocenters. The minimum atomic E-state index is -0.860. The Labute approximate surface area is 86.9 Å². The quantitative estimate of drug-likeness (QED) is 0.812. The van der Waals surface area contributed by atoms with Crippen molar-refractivity contribution in [1.82, 2.24) is 0 Å². The highest BCUT2D eigenvalue weighted by Crippen LogP contribution is 2.26. The molecule has 1 rings (SSSR count). The molecule has 0 saturated heterocycles. The molecule has 0 bridgehead atoms. The van der Waals surface area contributed by atoms with Crippen LogP contribution in [0.15, 0.2) is 12.1 Å². The third-order valence-electron chi connectivity index (χ3n) is 2.00. The smallest absolute Gasteiger partial charge is 0.303 e. The fraction of sp³-hybridized carbons (Fsp3) is 0.300. The summed E-state index contributed by atoms with van der Waals surface area (Å²) in [6, 6.07) is 3.23. The van der Waals surface area contributed by atoms with Crippen molar-refractivity contribution in [3.63, 3.8) is 0 Å². The summed E-state index contributed by atoms with van der Waals surface area (Å²) in [5.41, 5.74) is 1.35. The highest BCUT2D eigenvalue weighted by Gasteiger charge is 2.05. The molecule has 0 unspecified atom stereocenters. The van der Waals surface area contributed by atoms with E-state index in [1.807, 2.05) is 0 Å². The third-order valence-corrected chi connectivity index (χ3v) is 2.40. The molecular weight excluding hydrogens is 204 g/mol. The highest BCUT2D eigenvalue weighted by atomic mass is 35.5. The van der Waals surface area contributed by atoms with Gasteiger partial charge in [0.25, 0.3) is 0 Å². The number of phenols is 1. The molecule has 4 heteroatoms. The lowest BCUT2D eigenvalue weighted by Crippen LogP contribution is -1.97. The number of rotatable bonds is 3. The summed E-state index contributed by atoms with van der Waals surface area (Å²) in [7, 11) is 0. The topological polar surface area (TPSA) is 57.5 Å². The molecule has 0 fully saturated rings. The van der Waals surface area contributed by atoms with Gasteiger partial charge in [-0.2, -0.15) is 0 Å². The van der Waals surface area contributed by atoms with E-state index < -0.39 is 5.97 Å². The van der Waals surface area contributed by atoms with E-state index in [0.717, 1.165) is 5.56 Å². The Kier molecular flexibility index (Phi) is 3.36. The summed E-state index contributed by atoms with van der Waals surface area (Å²) in [5.74, 6) is -0.751. The van der Waals surface area contributed by atoms with Crippen molar-refractivity contribution >= 4 is 17.6 Å². The van der Waals surface area contributed by atoms with E-state index in [2.05, 4.69) is 0 Å². The predicted molar refractivity (Wildman–Crippen MR) is 53.8 cm³/mol. The summed E-state index contributed by atoms with van der Waals surface area (Å²) in [4.78, 5) is 10.3. The lowest BCUT2D eigenvalue weighted by Gasteiger charge is -2.05. The standard InChI is InChI=1S/C10H11ClO3/c1-6-8(11)4-7(5-9(6)12)2-3-10(13)14/h4-5,12H,2-3H2,1H3,(H,13,14). The van der Waals surface area contributed by atoms with Crippen molar-refractivity contribution in [1.29, 1.82) is 0 Å². The van der Waals surface area contributed by atoms with Crippen molar-refractivity contribution in [2.24, 2.45) is 0 Å². The zero-order valence-corrected chi connectivity index (χ0v) is 8.51. The molecule has 1 aromatic carbocycles. The van der Waals surface area contributed by atoms with Crippen LogP contribution in [0, 0.1) is 6.92 Å². The number of halogens is 1. The Morgan fingerprint density at radius 2 is 2.14 bits per heavy atom. The second kappa shape index (κ2) is 4.33. The molecule has 76 valence electrons. The number of hydrogen-bond donors (Lipinski definition) is 2. The van der Waals surface area contributed by atoms with Crippen LogP contribution in [0.5, 0.6) is 5.75 Å². The van der Waals surface area contributed by atoms with Crippen LogP contribution >= 0.6 is 11.6 Å². The molecule has 0 aromatic heterocycles. The lowest BCUT2D eigenvalue weighted by atomic mass is 10.1. The summed E-state index contributed by atoms with van der Waals surface area (Å²) in [6.45, 7) is 1.71. The van der Waals surface area contributed by atoms with Crippen LogP contribution in [-0.2, 0) is 11.2 Å². The van der Waals surface area contributed by atoms with Crippen LogP contribution in [0.4, 0.5) is 0 Å². The van der Waals surface area contributed by atoms with Crippen molar-refractivity contribution in [2.75, 3.05) is 0 Å². The molecular formula is C10H11ClO3. The number of phenolic OH excluding ortho intramolecular Hbond substituents is 1. The third kappa shape index (κ3) is 2.64. The van der Waals surface area contributed by atoms with Crippen LogP contribution in [0.1, 0.15) is 17.5 Å². The van der Waals surface area contributed by atoms with Gasteiger partial charge < -0.3 is 10.2 Å². The van der Waals surface area contributed by atoms with E-state index in [9.17, 15) is 9.90 Å². The monoisotopic (exact) mass is 214 g/mol. The first-order valence-electron chi connectivity index (χ1n) is 4.20. The Morgan fingerprint density at radius 3 is 2.64 bits per heavy atom. The molecule has 0 amide bonds. The number of carboxylic acid groups (broad SMARTS) is 1. The first kappa shape index (κ1) is 10.9. The first-order chi connectivity index (χ1) is 6.50. The lowest BCUT2D eigenvalue weighted by molar-refractivity contribution is -0.136. The van der Waals surface area contributed by atoms with E-state index in [0.29, 0.717) is 17.0 Å². The van der Waals surface area contributed by atoms with E-state index >= 15 is 0 Å². The fourth-order valence-corrected chi connectivity index (χ4v) is 1.35. The maximum Gasteiger partial charge on any atom is 0.303 e. The minimum Gasteiger partial charge on any atom is -0.508 e. The van der Waals surface area contributed by atoms with Gasteiger partial charge >= 0.3 is 5.97 Å². The number of aromatic hydroxyl groups is 1. The second-order valence-corrected chi connectivity index (χ2v) is 3.52. The van der Waals surface area contributed by atoms with Crippen LogP contribution in [0.25, 0.3) is 0 Å².